The van der Waals surface area contributed by atoms with Crippen molar-refractivity contribution in [3.05, 3.63) is 42.5 Å². The molecule has 0 N–H and O–H groups in total. The van der Waals surface area contributed by atoms with Crippen molar-refractivity contribution in [3.8, 4) is 39.9 Å². The van der Waals surface area contributed by atoms with Crippen LogP contribution in [0.25, 0.3) is 21.9 Å². The zero-order chi connectivity index (χ0) is 18.7. The third-order valence-corrected chi connectivity index (χ3v) is 4.38. The van der Waals surface area contributed by atoms with Crippen molar-refractivity contribution in [2.24, 2.45) is 0 Å². The van der Waals surface area contributed by atoms with Gasteiger partial charge in [-0.3, -0.25) is 0 Å². The summed E-state index contributed by atoms with van der Waals surface area (Å²) in [5, 5.41) is 1.87. The van der Waals surface area contributed by atoms with Crippen LogP contribution in [0.4, 0.5) is 0 Å². The summed E-state index contributed by atoms with van der Waals surface area (Å²) in [5.41, 5.74) is 2.05. The van der Waals surface area contributed by atoms with Crippen LogP contribution in [0.5, 0.6) is 28.7 Å². The molecular formula is C21H22O5. The Labute approximate surface area is 153 Å². The lowest BCUT2D eigenvalue weighted by molar-refractivity contribution is 0.353. The van der Waals surface area contributed by atoms with Gasteiger partial charge in [0.25, 0.3) is 0 Å². The molecule has 26 heavy (non-hydrogen) atoms. The molecule has 0 aliphatic carbocycles. The van der Waals surface area contributed by atoms with E-state index >= 15 is 0 Å². The maximum Gasteiger partial charge on any atom is 0.168 e. The van der Waals surface area contributed by atoms with Crippen LogP contribution >= 0.6 is 0 Å². The summed E-state index contributed by atoms with van der Waals surface area (Å²) >= 11 is 0. The molecule has 3 aromatic carbocycles. The molecule has 3 aromatic rings. The second kappa shape index (κ2) is 7.44. The predicted octanol–water partition coefficient (Wildman–Crippen LogP) is 4.55. The lowest BCUT2D eigenvalue weighted by Gasteiger charge is -2.15. The van der Waals surface area contributed by atoms with Crippen LogP contribution in [0.15, 0.2) is 42.5 Å². The molecule has 3 rings (SSSR count). The first kappa shape index (κ1) is 17.7. The molecule has 0 fully saturated rings. The fourth-order valence-electron chi connectivity index (χ4n) is 3.07. The largest absolute Gasteiger partial charge is 0.496 e. The van der Waals surface area contributed by atoms with Crippen molar-refractivity contribution >= 4 is 10.8 Å². The molecule has 0 bridgehead atoms. The van der Waals surface area contributed by atoms with Crippen molar-refractivity contribution in [3.63, 3.8) is 0 Å². The first-order valence-corrected chi connectivity index (χ1v) is 8.12. The van der Waals surface area contributed by atoms with Gasteiger partial charge < -0.3 is 23.7 Å². The second-order valence-corrected chi connectivity index (χ2v) is 5.64. The average molecular weight is 354 g/mol. The van der Waals surface area contributed by atoms with Gasteiger partial charge in [-0.25, -0.2) is 0 Å². The topological polar surface area (TPSA) is 46.2 Å². The van der Waals surface area contributed by atoms with Crippen LogP contribution in [0.3, 0.4) is 0 Å². The lowest BCUT2D eigenvalue weighted by Crippen LogP contribution is -1.95. The Hall–Kier alpha value is -3.08. The number of benzene rings is 3. The van der Waals surface area contributed by atoms with E-state index in [1.54, 1.807) is 35.5 Å². The first-order chi connectivity index (χ1) is 12.7. The Bertz CT molecular complexity index is 933. The molecule has 5 heteroatoms. The summed E-state index contributed by atoms with van der Waals surface area (Å²) in [6.07, 6.45) is 0. The summed E-state index contributed by atoms with van der Waals surface area (Å²) in [7, 11) is 8.14. The van der Waals surface area contributed by atoms with E-state index in [2.05, 4.69) is 6.07 Å². The van der Waals surface area contributed by atoms with E-state index in [1.807, 2.05) is 36.4 Å². The summed E-state index contributed by atoms with van der Waals surface area (Å²) in [6, 6.07) is 13.8. The third kappa shape index (κ3) is 2.96. The second-order valence-electron chi connectivity index (χ2n) is 5.64. The van der Waals surface area contributed by atoms with E-state index in [4.69, 9.17) is 23.7 Å². The fourth-order valence-corrected chi connectivity index (χ4v) is 3.07. The van der Waals surface area contributed by atoms with E-state index in [0.717, 1.165) is 27.6 Å². The molecule has 0 amide bonds. The summed E-state index contributed by atoms with van der Waals surface area (Å²) in [5.74, 6) is 3.42. The van der Waals surface area contributed by atoms with E-state index in [0.29, 0.717) is 23.0 Å². The summed E-state index contributed by atoms with van der Waals surface area (Å²) in [4.78, 5) is 0. The maximum absolute atomic E-state index is 5.56. The zero-order valence-corrected chi connectivity index (χ0v) is 15.6. The van der Waals surface area contributed by atoms with Gasteiger partial charge in [-0.1, -0.05) is 12.1 Å². The zero-order valence-electron chi connectivity index (χ0n) is 15.6. The normalized spacial score (nSPS) is 10.5. The Balaban J connectivity index is 2.21. The number of rotatable bonds is 6. The summed E-state index contributed by atoms with van der Waals surface area (Å²) < 4.78 is 27.3. The molecule has 0 spiro atoms. The first-order valence-electron chi connectivity index (χ1n) is 8.12. The average Bonchev–Trinajstić information content (AvgIpc) is 2.71. The van der Waals surface area contributed by atoms with Gasteiger partial charge in [-0.05, 0) is 35.4 Å². The lowest BCUT2D eigenvalue weighted by atomic mass is 9.99. The Kier molecular flexibility index (Phi) is 5.07. The van der Waals surface area contributed by atoms with Gasteiger partial charge >= 0.3 is 0 Å². The highest BCUT2D eigenvalue weighted by Gasteiger charge is 2.15. The molecular weight excluding hydrogens is 332 g/mol. The molecule has 0 saturated heterocycles. The molecule has 0 aliphatic rings. The standard InChI is InChI=1S/C21H22O5/c1-22-17-9-7-14(11-19(17)24-3)13-6-8-15-16(10-13)18(23-2)12-20(25-4)21(15)26-5/h6-12H,1-5H3. The molecule has 0 aromatic heterocycles. The van der Waals surface area contributed by atoms with Crippen LogP contribution in [0.2, 0.25) is 0 Å². The van der Waals surface area contributed by atoms with Crippen LogP contribution in [0.1, 0.15) is 0 Å². The van der Waals surface area contributed by atoms with Gasteiger partial charge in [-0.15, -0.1) is 0 Å². The molecule has 5 nitrogen and oxygen atoms in total. The highest BCUT2D eigenvalue weighted by atomic mass is 16.5. The van der Waals surface area contributed by atoms with Crippen LogP contribution < -0.4 is 23.7 Å². The molecule has 0 radical (unpaired) electrons. The van der Waals surface area contributed by atoms with Gasteiger partial charge in [-0.2, -0.15) is 0 Å². The number of ether oxygens (including phenoxy) is 5. The van der Waals surface area contributed by atoms with E-state index in [9.17, 15) is 0 Å². The van der Waals surface area contributed by atoms with E-state index < -0.39 is 0 Å². The monoisotopic (exact) mass is 354 g/mol. The van der Waals surface area contributed by atoms with Gasteiger partial charge in [0.2, 0.25) is 0 Å². The molecule has 136 valence electrons. The predicted molar refractivity (Wildman–Crippen MR) is 102 cm³/mol. The van der Waals surface area contributed by atoms with Crippen molar-refractivity contribution in [1.82, 2.24) is 0 Å². The van der Waals surface area contributed by atoms with Crippen molar-refractivity contribution in [2.45, 2.75) is 0 Å². The van der Waals surface area contributed by atoms with Gasteiger partial charge in [0.05, 0.1) is 35.5 Å². The van der Waals surface area contributed by atoms with Crippen molar-refractivity contribution in [1.29, 1.82) is 0 Å². The number of methoxy groups -OCH3 is 5. The van der Waals surface area contributed by atoms with Crippen molar-refractivity contribution in [2.75, 3.05) is 35.5 Å². The van der Waals surface area contributed by atoms with E-state index in [-0.39, 0.29) is 0 Å². The Morgan fingerprint density at radius 3 is 1.69 bits per heavy atom. The molecule has 0 heterocycles. The Morgan fingerprint density at radius 1 is 0.462 bits per heavy atom. The van der Waals surface area contributed by atoms with Crippen LogP contribution in [0, 0.1) is 0 Å². The fraction of sp³-hybridized carbons (Fsp3) is 0.238. The molecule has 0 saturated carbocycles. The number of hydrogen-bond donors (Lipinski definition) is 0. The SMILES string of the molecule is COc1ccc(-c2ccc3c(OC)c(OC)cc(OC)c3c2)cc1OC. The highest BCUT2D eigenvalue weighted by molar-refractivity contribution is 5.98. The van der Waals surface area contributed by atoms with Crippen LogP contribution in [-0.2, 0) is 0 Å². The molecule has 0 atom stereocenters. The van der Waals surface area contributed by atoms with Gasteiger partial charge in [0.15, 0.2) is 23.0 Å². The minimum absolute atomic E-state index is 0.635. The van der Waals surface area contributed by atoms with Gasteiger partial charge in [0, 0.05) is 16.8 Å². The number of hydrogen-bond acceptors (Lipinski definition) is 5. The maximum atomic E-state index is 5.56. The van der Waals surface area contributed by atoms with E-state index in [1.165, 1.54) is 0 Å². The van der Waals surface area contributed by atoms with Gasteiger partial charge in [0.1, 0.15) is 5.75 Å². The Morgan fingerprint density at radius 2 is 1.08 bits per heavy atom. The minimum atomic E-state index is 0.635. The van der Waals surface area contributed by atoms with Crippen LogP contribution in [-0.4, -0.2) is 35.5 Å². The van der Waals surface area contributed by atoms with Crippen molar-refractivity contribution < 1.29 is 23.7 Å². The number of fused-ring (bicyclic) bond motifs is 1. The molecule has 0 unspecified atom stereocenters. The third-order valence-electron chi connectivity index (χ3n) is 4.38. The smallest absolute Gasteiger partial charge is 0.168 e. The molecule has 0 aliphatic heterocycles. The highest BCUT2D eigenvalue weighted by Crippen LogP contribution is 2.43. The summed E-state index contributed by atoms with van der Waals surface area (Å²) in [6.45, 7) is 0. The quantitative estimate of drug-likeness (QED) is 0.650. The minimum Gasteiger partial charge on any atom is -0.496 e.